The number of hydrogen-bond donors (Lipinski definition) is 0. The molecule has 0 saturated carbocycles. The second-order valence-corrected chi connectivity index (χ2v) is 6.29. The van der Waals surface area contributed by atoms with Crippen LogP contribution in [0.25, 0.3) is 0 Å². The number of aromatic nitrogens is 1. The molecule has 0 spiro atoms. The number of para-hydroxylation sites is 3. The summed E-state index contributed by atoms with van der Waals surface area (Å²) in [6, 6.07) is 16.8. The van der Waals surface area contributed by atoms with E-state index in [-0.39, 0.29) is 12.5 Å². The number of anilines is 1. The van der Waals surface area contributed by atoms with E-state index in [1.807, 2.05) is 69.3 Å². The van der Waals surface area contributed by atoms with Crippen LogP contribution >= 0.6 is 0 Å². The summed E-state index contributed by atoms with van der Waals surface area (Å²) in [7, 11) is 0. The standard InChI is InChI=1S/C22H24N2O4/c1-4-26-20-12-8-9-13-21(20)27-15-22(25)24(18-10-6-5-7-11-18)14-19-16(2)23-28-17(19)3/h5-13H,4,14-15H2,1-3H3. The van der Waals surface area contributed by atoms with Crippen molar-refractivity contribution in [1.82, 2.24) is 5.16 Å². The first-order chi connectivity index (χ1) is 13.6. The van der Waals surface area contributed by atoms with Gasteiger partial charge in [-0.25, -0.2) is 0 Å². The number of carbonyl (C=O) groups excluding carboxylic acids is 1. The van der Waals surface area contributed by atoms with E-state index in [0.29, 0.717) is 30.4 Å². The van der Waals surface area contributed by atoms with E-state index in [0.717, 1.165) is 16.9 Å². The van der Waals surface area contributed by atoms with Crippen molar-refractivity contribution in [3.05, 3.63) is 71.6 Å². The zero-order valence-electron chi connectivity index (χ0n) is 16.3. The minimum atomic E-state index is -0.169. The monoisotopic (exact) mass is 380 g/mol. The molecule has 0 aliphatic carbocycles. The quantitative estimate of drug-likeness (QED) is 0.583. The third-order valence-corrected chi connectivity index (χ3v) is 4.37. The minimum absolute atomic E-state index is 0.109. The molecule has 0 N–H and O–H groups in total. The van der Waals surface area contributed by atoms with Gasteiger partial charge in [0.05, 0.1) is 18.8 Å². The normalized spacial score (nSPS) is 10.5. The number of carbonyl (C=O) groups is 1. The number of hydrogen-bond acceptors (Lipinski definition) is 5. The van der Waals surface area contributed by atoms with Gasteiger partial charge in [0.1, 0.15) is 5.76 Å². The van der Waals surface area contributed by atoms with Gasteiger partial charge in [-0.15, -0.1) is 0 Å². The van der Waals surface area contributed by atoms with Gasteiger partial charge in [-0.05, 0) is 45.0 Å². The second-order valence-electron chi connectivity index (χ2n) is 6.29. The third-order valence-electron chi connectivity index (χ3n) is 4.37. The van der Waals surface area contributed by atoms with Crippen molar-refractivity contribution < 1.29 is 18.8 Å². The molecule has 0 aliphatic rings. The van der Waals surface area contributed by atoms with Crippen molar-refractivity contribution in [1.29, 1.82) is 0 Å². The Morgan fingerprint density at radius 1 is 1.00 bits per heavy atom. The van der Waals surface area contributed by atoms with E-state index in [9.17, 15) is 4.79 Å². The molecule has 0 atom stereocenters. The van der Waals surface area contributed by atoms with E-state index in [1.54, 1.807) is 11.0 Å². The zero-order chi connectivity index (χ0) is 19.9. The molecular formula is C22H24N2O4. The predicted octanol–water partition coefficient (Wildman–Crippen LogP) is 4.30. The van der Waals surface area contributed by atoms with Gasteiger partial charge in [-0.3, -0.25) is 4.79 Å². The summed E-state index contributed by atoms with van der Waals surface area (Å²) in [5, 5.41) is 3.99. The highest BCUT2D eigenvalue weighted by Gasteiger charge is 2.21. The summed E-state index contributed by atoms with van der Waals surface area (Å²) in [4.78, 5) is 14.7. The maximum absolute atomic E-state index is 13.0. The van der Waals surface area contributed by atoms with Gasteiger partial charge >= 0.3 is 0 Å². The lowest BCUT2D eigenvalue weighted by Gasteiger charge is -2.23. The molecule has 1 amide bonds. The highest BCUT2D eigenvalue weighted by Crippen LogP contribution is 2.27. The molecule has 6 nitrogen and oxygen atoms in total. The van der Waals surface area contributed by atoms with Crippen LogP contribution in [0.5, 0.6) is 11.5 Å². The Balaban J connectivity index is 1.80. The molecular weight excluding hydrogens is 356 g/mol. The van der Waals surface area contributed by atoms with Gasteiger partial charge < -0.3 is 18.9 Å². The smallest absolute Gasteiger partial charge is 0.265 e. The van der Waals surface area contributed by atoms with Crippen LogP contribution in [-0.2, 0) is 11.3 Å². The second kappa shape index (κ2) is 9.08. The van der Waals surface area contributed by atoms with Gasteiger partial charge in [0, 0.05) is 11.3 Å². The van der Waals surface area contributed by atoms with Crippen molar-refractivity contribution >= 4 is 11.6 Å². The van der Waals surface area contributed by atoms with Crippen LogP contribution in [0.4, 0.5) is 5.69 Å². The molecule has 28 heavy (non-hydrogen) atoms. The third kappa shape index (κ3) is 4.52. The Labute approximate surface area is 164 Å². The van der Waals surface area contributed by atoms with Gasteiger partial charge in [0.2, 0.25) is 0 Å². The molecule has 6 heteroatoms. The van der Waals surface area contributed by atoms with E-state index in [4.69, 9.17) is 14.0 Å². The number of rotatable bonds is 8. The Kier molecular flexibility index (Phi) is 6.32. The molecule has 1 aromatic heterocycles. The first kappa shape index (κ1) is 19.5. The van der Waals surface area contributed by atoms with Gasteiger partial charge in [0.15, 0.2) is 18.1 Å². The van der Waals surface area contributed by atoms with Crippen molar-refractivity contribution in [2.24, 2.45) is 0 Å². The highest BCUT2D eigenvalue weighted by atomic mass is 16.5. The van der Waals surface area contributed by atoms with Crippen LogP contribution in [-0.4, -0.2) is 24.3 Å². The molecule has 0 saturated heterocycles. The van der Waals surface area contributed by atoms with Gasteiger partial charge in [-0.2, -0.15) is 0 Å². The van der Waals surface area contributed by atoms with E-state index in [1.165, 1.54) is 0 Å². The molecule has 3 rings (SSSR count). The maximum Gasteiger partial charge on any atom is 0.265 e. The topological polar surface area (TPSA) is 64.8 Å². The van der Waals surface area contributed by atoms with Gasteiger partial charge in [0.25, 0.3) is 5.91 Å². The van der Waals surface area contributed by atoms with Crippen LogP contribution in [0.3, 0.4) is 0 Å². The van der Waals surface area contributed by atoms with Crippen molar-refractivity contribution in [3.8, 4) is 11.5 Å². The lowest BCUT2D eigenvalue weighted by molar-refractivity contribution is -0.120. The fourth-order valence-corrected chi connectivity index (χ4v) is 2.88. The largest absolute Gasteiger partial charge is 0.490 e. The Hall–Kier alpha value is -3.28. The number of aryl methyl sites for hydroxylation is 2. The summed E-state index contributed by atoms with van der Waals surface area (Å²) in [6.45, 7) is 6.40. The summed E-state index contributed by atoms with van der Waals surface area (Å²) in [5.41, 5.74) is 2.45. The average Bonchev–Trinajstić information content (AvgIpc) is 3.03. The Morgan fingerprint density at radius 2 is 1.64 bits per heavy atom. The SMILES string of the molecule is CCOc1ccccc1OCC(=O)N(Cc1c(C)noc1C)c1ccccc1. The van der Waals surface area contributed by atoms with Crippen LogP contribution in [0.1, 0.15) is 23.9 Å². The number of nitrogens with zero attached hydrogens (tertiary/aromatic N) is 2. The van der Waals surface area contributed by atoms with Crippen LogP contribution < -0.4 is 14.4 Å². The van der Waals surface area contributed by atoms with Crippen LogP contribution in [0, 0.1) is 13.8 Å². The molecule has 146 valence electrons. The minimum Gasteiger partial charge on any atom is -0.490 e. The lowest BCUT2D eigenvalue weighted by atomic mass is 10.1. The first-order valence-corrected chi connectivity index (χ1v) is 9.22. The molecule has 0 bridgehead atoms. The fourth-order valence-electron chi connectivity index (χ4n) is 2.88. The average molecular weight is 380 g/mol. The van der Waals surface area contributed by atoms with Crippen molar-refractivity contribution in [2.45, 2.75) is 27.3 Å². The van der Waals surface area contributed by atoms with Crippen LogP contribution in [0.2, 0.25) is 0 Å². The maximum atomic E-state index is 13.0. The Bertz CT molecular complexity index is 902. The molecule has 3 aromatic rings. The van der Waals surface area contributed by atoms with E-state index >= 15 is 0 Å². The fraction of sp³-hybridized carbons (Fsp3) is 0.273. The van der Waals surface area contributed by atoms with Crippen molar-refractivity contribution in [3.63, 3.8) is 0 Å². The lowest BCUT2D eigenvalue weighted by Crippen LogP contribution is -2.34. The summed E-state index contributed by atoms with van der Waals surface area (Å²) in [6.07, 6.45) is 0. The molecule has 0 unspecified atom stereocenters. The molecule has 0 fully saturated rings. The number of amides is 1. The van der Waals surface area contributed by atoms with E-state index in [2.05, 4.69) is 5.16 Å². The summed E-state index contributed by atoms with van der Waals surface area (Å²) < 4.78 is 16.6. The Morgan fingerprint density at radius 3 is 2.25 bits per heavy atom. The molecule has 0 radical (unpaired) electrons. The molecule has 1 heterocycles. The summed E-state index contributed by atoms with van der Waals surface area (Å²) >= 11 is 0. The zero-order valence-corrected chi connectivity index (χ0v) is 16.3. The van der Waals surface area contributed by atoms with Crippen LogP contribution in [0.15, 0.2) is 59.1 Å². The highest BCUT2D eigenvalue weighted by molar-refractivity contribution is 5.94. The summed E-state index contributed by atoms with van der Waals surface area (Å²) in [5.74, 6) is 1.70. The molecule has 2 aromatic carbocycles. The predicted molar refractivity (Wildman–Crippen MR) is 107 cm³/mol. The van der Waals surface area contributed by atoms with E-state index < -0.39 is 0 Å². The van der Waals surface area contributed by atoms with Crippen molar-refractivity contribution in [2.75, 3.05) is 18.1 Å². The van der Waals surface area contributed by atoms with Gasteiger partial charge in [-0.1, -0.05) is 35.5 Å². The molecule has 0 aliphatic heterocycles. The number of ether oxygens (including phenoxy) is 2. The first-order valence-electron chi connectivity index (χ1n) is 9.22. The number of benzene rings is 2.